The highest BCUT2D eigenvalue weighted by molar-refractivity contribution is 6.03. The third-order valence-electron chi connectivity index (χ3n) is 6.55. The predicted molar refractivity (Wildman–Crippen MR) is 123 cm³/mol. The van der Waals surface area contributed by atoms with E-state index in [-0.39, 0.29) is 17.7 Å². The Morgan fingerprint density at radius 3 is 2.56 bits per heavy atom. The molecule has 32 heavy (non-hydrogen) atoms. The lowest BCUT2D eigenvalue weighted by Crippen LogP contribution is -2.27. The highest BCUT2D eigenvalue weighted by Gasteiger charge is 2.31. The number of likely N-dealkylation sites (tertiary alicyclic amines) is 2. The number of aromatic amines is 1. The molecule has 2 aromatic heterocycles. The molecule has 8 heteroatoms. The van der Waals surface area contributed by atoms with E-state index in [2.05, 4.69) is 21.5 Å². The third-order valence-corrected chi connectivity index (χ3v) is 6.55. The molecule has 0 bridgehead atoms. The number of amides is 2. The van der Waals surface area contributed by atoms with Gasteiger partial charge in [0, 0.05) is 48.9 Å². The van der Waals surface area contributed by atoms with Gasteiger partial charge in [-0.15, -0.1) is 0 Å². The molecule has 0 saturated carbocycles. The Balaban J connectivity index is 1.54. The van der Waals surface area contributed by atoms with Crippen molar-refractivity contribution in [1.82, 2.24) is 24.8 Å². The van der Waals surface area contributed by atoms with E-state index >= 15 is 0 Å². The number of nitrogen functional groups attached to an aromatic ring is 1. The minimum atomic E-state index is -0.0609. The predicted octanol–water partition coefficient (Wildman–Crippen LogP) is 2.95. The zero-order valence-electron chi connectivity index (χ0n) is 17.9. The number of H-pyrrole nitrogens is 1. The molecule has 1 atom stereocenters. The summed E-state index contributed by atoms with van der Waals surface area (Å²) in [6.45, 7) is 6.52. The number of fused-ring (bicyclic) bond motifs is 1. The van der Waals surface area contributed by atoms with Crippen LogP contribution in [0.25, 0.3) is 22.2 Å². The highest BCUT2D eigenvalue weighted by atomic mass is 16.2. The van der Waals surface area contributed by atoms with Crippen molar-refractivity contribution in [2.24, 2.45) is 0 Å². The van der Waals surface area contributed by atoms with E-state index in [9.17, 15) is 9.59 Å². The number of carbonyl (C=O) groups is 2. The van der Waals surface area contributed by atoms with Crippen LogP contribution in [0, 0.1) is 0 Å². The van der Waals surface area contributed by atoms with Gasteiger partial charge in [-0.05, 0) is 43.0 Å². The number of rotatable bonds is 4. The van der Waals surface area contributed by atoms with Crippen LogP contribution in [0.3, 0.4) is 0 Å². The van der Waals surface area contributed by atoms with Gasteiger partial charge in [0.15, 0.2) is 0 Å². The average molecular weight is 431 g/mol. The van der Waals surface area contributed by atoms with Crippen molar-refractivity contribution in [3.63, 3.8) is 0 Å². The molecule has 2 aliphatic rings. The van der Waals surface area contributed by atoms with Crippen LogP contribution in [-0.2, 0) is 4.79 Å². The van der Waals surface area contributed by atoms with Gasteiger partial charge in [-0.25, -0.2) is 9.97 Å². The number of benzene rings is 1. The molecule has 5 rings (SSSR count). The maximum absolute atomic E-state index is 12.7. The van der Waals surface area contributed by atoms with Gasteiger partial charge in [0.1, 0.15) is 17.8 Å². The van der Waals surface area contributed by atoms with Gasteiger partial charge in [-0.2, -0.15) is 0 Å². The minimum Gasteiger partial charge on any atom is -0.383 e. The Morgan fingerprint density at radius 1 is 1.09 bits per heavy atom. The fourth-order valence-electron chi connectivity index (χ4n) is 4.88. The van der Waals surface area contributed by atoms with E-state index in [1.807, 2.05) is 29.2 Å². The van der Waals surface area contributed by atoms with Crippen molar-refractivity contribution in [3.05, 3.63) is 54.5 Å². The van der Waals surface area contributed by atoms with E-state index in [0.29, 0.717) is 30.1 Å². The first-order valence-corrected chi connectivity index (χ1v) is 11.0. The number of anilines is 1. The van der Waals surface area contributed by atoms with Gasteiger partial charge < -0.3 is 20.5 Å². The molecule has 0 aliphatic carbocycles. The van der Waals surface area contributed by atoms with Gasteiger partial charge in [0.2, 0.25) is 5.91 Å². The van der Waals surface area contributed by atoms with Gasteiger partial charge >= 0.3 is 0 Å². The molecule has 164 valence electrons. The van der Waals surface area contributed by atoms with Crippen LogP contribution >= 0.6 is 0 Å². The summed E-state index contributed by atoms with van der Waals surface area (Å²) in [5, 5.41) is 0.773. The Morgan fingerprint density at radius 2 is 1.84 bits per heavy atom. The number of hydrogen-bond acceptors (Lipinski definition) is 5. The molecule has 2 amide bonds. The van der Waals surface area contributed by atoms with Gasteiger partial charge in [-0.1, -0.05) is 18.7 Å². The standard InChI is InChI=1S/C24H26N6O2/c1-2-18(31)30-12-9-17(13-30)21-19(20-22(25)26-14-27-23(20)28-21)15-5-7-16(8-6-15)24(32)29-10-3-4-11-29/h2,5-8,14,17H,1,3-4,9-13H2,(H3,25,26,27,28). The summed E-state index contributed by atoms with van der Waals surface area (Å²) in [6, 6.07) is 7.68. The van der Waals surface area contributed by atoms with Gasteiger partial charge in [0.25, 0.3) is 5.91 Å². The second kappa shape index (κ2) is 8.11. The Hall–Kier alpha value is -3.68. The second-order valence-corrected chi connectivity index (χ2v) is 8.45. The molecule has 8 nitrogen and oxygen atoms in total. The molecule has 2 fully saturated rings. The van der Waals surface area contributed by atoms with E-state index in [1.165, 1.54) is 12.4 Å². The normalized spacial score (nSPS) is 18.4. The number of nitrogens with one attached hydrogen (secondary N) is 1. The summed E-state index contributed by atoms with van der Waals surface area (Å²) >= 11 is 0. The molecular formula is C24H26N6O2. The first kappa shape index (κ1) is 20.2. The van der Waals surface area contributed by atoms with Gasteiger partial charge in [0.05, 0.1) is 5.39 Å². The lowest BCUT2D eigenvalue weighted by Gasteiger charge is -2.16. The van der Waals surface area contributed by atoms with E-state index in [1.54, 1.807) is 4.90 Å². The number of hydrogen-bond donors (Lipinski definition) is 2. The fraction of sp³-hybridized carbons (Fsp3) is 0.333. The topological polar surface area (TPSA) is 108 Å². The monoisotopic (exact) mass is 430 g/mol. The molecule has 3 N–H and O–H groups in total. The molecule has 0 radical (unpaired) electrons. The van der Waals surface area contributed by atoms with Crippen LogP contribution in [0.4, 0.5) is 5.82 Å². The van der Waals surface area contributed by atoms with E-state index in [4.69, 9.17) is 5.73 Å². The number of aromatic nitrogens is 3. The average Bonchev–Trinajstić information content (AvgIpc) is 3.58. The number of nitrogens with two attached hydrogens (primary N) is 1. The maximum Gasteiger partial charge on any atom is 0.253 e. The summed E-state index contributed by atoms with van der Waals surface area (Å²) in [5.74, 6) is 0.537. The number of carbonyl (C=O) groups excluding carboxylic acids is 2. The lowest BCUT2D eigenvalue weighted by molar-refractivity contribution is -0.125. The summed E-state index contributed by atoms with van der Waals surface area (Å²) < 4.78 is 0. The first-order valence-electron chi connectivity index (χ1n) is 11.0. The summed E-state index contributed by atoms with van der Waals surface area (Å²) in [6.07, 6.45) is 5.76. The van der Waals surface area contributed by atoms with Crippen molar-refractivity contribution in [1.29, 1.82) is 0 Å². The van der Waals surface area contributed by atoms with Crippen LogP contribution in [-0.4, -0.2) is 62.7 Å². The maximum atomic E-state index is 12.7. The molecule has 1 unspecified atom stereocenters. The smallest absolute Gasteiger partial charge is 0.253 e. The molecular weight excluding hydrogens is 404 g/mol. The molecule has 2 aliphatic heterocycles. The van der Waals surface area contributed by atoms with Crippen LogP contribution in [0.5, 0.6) is 0 Å². The summed E-state index contributed by atoms with van der Waals surface area (Å²) in [4.78, 5) is 40.6. The van der Waals surface area contributed by atoms with Crippen molar-refractivity contribution in [2.45, 2.75) is 25.2 Å². The SMILES string of the molecule is C=CC(=O)N1CCC(c2[nH]c3ncnc(N)c3c2-c2ccc(C(=O)N3CCCC3)cc2)C1. The second-order valence-electron chi connectivity index (χ2n) is 8.45. The summed E-state index contributed by atoms with van der Waals surface area (Å²) in [5.41, 5.74) is 10.5. The van der Waals surface area contributed by atoms with Crippen molar-refractivity contribution in [3.8, 4) is 11.1 Å². The van der Waals surface area contributed by atoms with E-state index in [0.717, 1.165) is 54.6 Å². The summed E-state index contributed by atoms with van der Waals surface area (Å²) in [7, 11) is 0. The minimum absolute atomic E-state index is 0.0609. The third kappa shape index (κ3) is 3.41. The Bertz CT molecular complexity index is 1190. The lowest BCUT2D eigenvalue weighted by atomic mass is 9.94. The zero-order chi connectivity index (χ0) is 22.2. The van der Waals surface area contributed by atoms with Crippen LogP contribution in [0.1, 0.15) is 41.2 Å². The van der Waals surface area contributed by atoms with Crippen molar-refractivity contribution >= 4 is 28.7 Å². The Labute approximate surface area is 186 Å². The molecule has 2 saturated heterocycles. The van der Waals surface area contributed by atoms with Gasteiger partial charge in [-0.3, -0.25) is 9.59 Å². The highest BCUT2D eigenvalue weighted by Crippen LogP contribution is 2.40. The quantitative estimate of drug-likeness (QED) is 0.619. The van der Waals surface area contributed by atoms with Crippen molar-refractivity contribution < 1.29 is 9.59 Å². The van der Waals surface area contributed by atoms with Crippen molar-refractivity contribution in [2.75, 3.05) is 31.9 Å². The van der Waals surface area contributed by atoms with Crippen LogP contribution in [0.2, 0.25) is 0 Å². The zero-order valence-corrected chi connectivity index (χ0v) is 17.9. The van der Waals surface area contributed by atoms with E-state index < -0.39 is 0 Å². The molecule has 0 spiro atoms. The number of nitrogens with zero attached hydrogens (tertiary/aromatic N) is 4. The fourth-order valence-corrected chi connectivity index (χ4v) is 4.88. The molecule has 1 aromatic carbocycles. The van der Waals surface area contributed by atoms with Crippen LogP contribution in [0.15, 0.2) is 43.2 Å². The first-order chi connectivity index (χ1) is 15.6. The molecule has 4 heterocycles. The Kier molecular flexibility index (Phi) is 5.13. The van der Waals surface area contributed by atoms with Crippen LogP contribution < -0.4 is 5.73 Å². The molecule has 3 aromatic rings. The largest absolute Gasteiger partial charge is 0.383 e.